The van der Waals surface area contributed by atoms with E-state index in [1.54, 1.807) is 32.4 Å². The van der Waals surface area contributed by atoms with Crippen molar-refractivity contribution in [2.45, 2.75) is 6.92 Å². The summed E-state index contributed by atoms with van der Waals surface area (Å²) in [6.07, 6.45) is 0. The second-order valence-electron chi connectivity index (χ2n) is 3.71. The fourth-order valence-corrected chi connectivity index (χ4v) is 1.48. The van der Waals surface area contributed by atoms with E-state index in [9.17, 15) is 4.79 Å². The molecule has 5 nitrogen and oxygen atoms in total. The molecule has 19 heavy (non-hydrogen) atoms. The van der Waals surface area contributed by atoms with Gasteiger partial charge in [-0.3, -0.25) is 4.79 Å². The number of benzene rings is 1. The van der Waals surface area contributed by atoms with Crippen molar-refractivity contribution in [2.24, 2.45) is 0 Å². The maximum absolute atomic E-state index is 11.9. The van der Waals surface area contributed by atoms with E-state index in [2.05, 4.69) is 10.6 Å². The van der Waals surface area contributed by atoms with Gasteiger partial charge in [-0.15, -0.1) is 12.4 Å². The minimum absolute atomic E-state index is 0. The Morgan fingerprint density at radius 1 is 1.11 bits per heavy atom. The Balaban J connectivity index is 0.00000324. The lowest BCUT2D eigenvalue weighted by Gasteiger charge is -2.09. The predicted molar refractivity (Wildman–Crippen MR) is 77.7 cm³/mol. The first-order valence-corrected chi connectivity index (χ1v) is 5.93. The quantitative estimate of drug-likeness (QED) is 0.746. The van der Waals surface area contributed by atoms with Crippen LogP contribution in [0.2, 0.25) is 0 Å². The number of carbonyl (C=O) groups excluding carboxylic acids is 1. The van der Waals surface area contributed by atoms with Gasteiger partial charge in [-0.1, -0.05) is 6.92 Å². The summed E-state index contributed by atoms with van der Waals surface area (Å²) in [5.74, 6) is 1.07. The van der Waals surface area contributed by atoms with E-state index in [4.69, 9.17) is 9.47 Å². The highest BCUT2D eigenvalue weighted by molar-refractivity contribution is 5.95. The molecule has 0 fully saturated rings. The van der Waals surface area contributed by atoms with Crippen molar-refractivity contribution in [3.8, 4) is 11.5 Å². The van der Waals surface area contributed by atoms with Crippen molar-refractivity contribution in [1.29, 1.82) is 0 Å². The maximum Gasteiger partial charge on any atom is 0.251 e. The van der Waals surface area contributed by atoms with E-state index in [-0.39, 0.29) is 18.3 Å². The molecule has 6 heteroatoms. The molecular weight excluding hydrogens is 268 g/mol. The number of rotatable bonds is 7. The van der Waals surface area contributed by atoms with Crippen LogP contribution in [0, 0.1) is 0 Å². The maximum atomic E-state index is 11.9. The average Bonchev–Trinajstić information content (AvgIpc) is 2.42. The van der Waals surface area contributed by atoms with Crippen LogP contribution in [-0.4, -0.2) is 39.8 Å². The van der Waals surface area contributed by atoms with E-state index in [1.165, 1.54) is 0 Å². The molecule has 0 saturated heterocycles. The van der Waals surface area contributed by atoms with Gasteiger partial charge in [-0.25, -0.2) is 0 Å². The van der Waals surface area contributed by atoms with Gasteiger partial charge in [0, 0.05) is 24.7 Å². The molecule has 0 bridgehead atoms. The molecule has 2 N–H and O–H groups in total. The van der Waals surface area contributed by atoms with Crippen LogP contribution < -0.4 is 20.1 Å². The van der Waals surface area contributed by atoms with Crippen LogP contribution in [0.15, 0.2) is 18.2 Å². The zero-order valence-electron chi connectivity index (χ0n) is 11.5. The highest BCUT2D eigenvalue weighted by Crippen LogP contribution is 2.22. The zero-order chi connectivity index (χ0) is 13.4. The molecule has 1 aromatic rings. The summed E-state index contributed by atoms with van der Waals surface area (Å²) < 4.78 is 10.2. The number of amides is 1. The Morgan fingerprint density at radius 3 is 2.16 bits per heavy atom. The highest BCUT2D eigenvalue weighted by atomic mass is 35.5. The SMILES string of the molecule is CCNCCNC(=O)c1cc(OC)cc(OC)c1.Cl. The number of hydrogen-bond acceptors (Lipinski definition) is 4. The van der Waals surface area contributed by atoms with Gasteiger partial charge in [0.25, 0.3) is 5.91 Å². The summed E-state index contributed by atoms with van der Waals surface area (Å²) >= 11 is 0. The van der Waals surface area contributed by atoms with Gasteiger partial charge in [0.1, 0.15) is 11.5 Å². The van der Waals surface area contributed by atoms with Crippen molar-refractivity contribution in [3.63, 3.8) is 0 Å². The van der Waals surface area contributed by atoms with Crippen LogP contribution in [-0.2, 0) is 0 Å². The topological polar surface area (TPSA) is 59.6 Å². The second-order valence-corrected chi connectivity index (χ2v) is 3.71. The number of nitrogens with one attached hydrogen (secondary N) is 2. The van der Waals surface area contributed by atoms with Gasteiger partial charge >= 0.3 is 0 Å². The number of likely N-dealkylation sites (N-methyl/N-ethyl adjacent to an activating group) is 1. The highest BCUT2D eigenvalue weighted by Gasteiger charge is 2.08. The van der Waals surface area contributed by atoms with Gasteiger partial charge in [0.2, 0.25) is 0 Å². The minimum Gasteiger partial charge on any atom is -0.497 e. The Labute approximate surface area is 120 Å². The summed E-state index contributed by atoms with van der Waals surface area (Å²) in [5.41, 5.74) is 0.530. The molecule has 0 heterocycles. The average molecular weight is 289 g/mol. The van der Waals surface area contributed by atoms with Crippen LogP contribution in [0.25, 0.3) is 0 Å². The molecule has 1 aromatic carbocycles. The Bertz CT molecular complexity index is 377. The van der Waals surface area contributed by atoms with Crippen LogP contribution in [0.4, 0.5) is 0 Å². The molecule has 108 valence electrons. The third kappa shape index (κ3) is 5.81. The van der Waals surface area contributed by atoms with E-state index in [0.29, 0.717) is 23.6 Å². The first-order chi connectivity index (χ1) is 8.71. The molecule has 0 spiro atoms. The lowest BCUT2D eigenvalue weighted by molar-refractivity contribution is 0.0953. The number of methoxy groups -OCH3 is 2. The number of hydrogen-bond donors (Lipinski definition) is 2. The minimum atomic E-state index is -0.134. The lowest BCUT2D eigenvalue weighted by Crippen LogP contribution is -2.31. The van der Waals surface area contributed by atoms with E-state index >= 15 is 0 Å². The van der Waals surface area contributed by atoms with E-state index in [1.807, 2.05) is 6.92 Å². The molecular formula is C13H21ClN2O3. The number of halogens is 1. The molecule has 0 aromatic heterocycles. The summed E-state index contributed by atoms with van der Waals surface area (Å²) in [5, 5.41) is 5.96. The van der Waals surface area contributed by atoms with Crippen LogP contribution in [0.1, 0.15) is 17.3 Å². The van der Waals surface area contributed by atoms with Crippen molar-refractivity contribution >= 4 is 18.3 Å². The third-order valence-corrected chi connectivity index (χ3v) is 2.45. The molecule has 0 aliphatic carbocycles. The van der Waals surface area contributed by atoms with Gasteiger partial charge in [0.05, 0.1) is 14.2 Å². The zero-order valence-corrected chi connectivity index (χ0v) is 12.3. The second kappa shape index (κ2) is 9.47. The normalized spacial score (nSPS) is 9.42. The molecule has 0 aliphatic rings. The van der Waals surface area contributed by atoms with Crippen molar-refractivity contribution in [2.75, 3.05) is 33.9 Å². The van der Waals surface area contributed by atoms with Crippen molar-refractivity contribution in [1.82, 2.24) is 10.6 Å². The van der Waals surface area contributed by atoms with Gasteiger partial charge < -0.3 is 20.1 Å². The fraction of sp³-hybridized carbons (Fsp3) is 0.462. The molecule has 0 atom stereocenters. The summed E-state index contributed by atoms with van der Waals surface area (Å²) in [4.78, 5) is 11.9. The number of carbonyl (C=O) groups is 1. The van der Waals surface area contributed by atoms with Crippen LogP contribution >= 0.6 is 12.4 Å². The summed E-state index contributed by atoms with van der Waals surface area (Å²) in [7, 11) is 3.11. The summed E-state index contributed by atoms with van der Waals surface area (Å²) in [6, 6.07) is 5.10. The molecule has 0 aliphatic heterocycles. The first kappa shape index (κ1) is 17.5. The molecule has 0 saturated carbocycles. The molecule has 0 unspecified atom stereocenters. The Morgan fingerprint density at radius 2 is 1.68 bits per heavy atom. The molecule has 0 radical (unpaired) electrons. The largest absolute Gasteiger partial charge is 0.497 e. The van der Waals surface area contributed by atoms with Gasteiger partial charge in [0.15, 0.2) is 0 Å². The molecule has 1 amide bonds. The van der Waals surface area contributed by atoms with Crippen LogP contribution in [0.5, 0.6) is 11.5 Å². The monoisotopic (exact) mass is 288 g/mol. The summed E-state index contributed by atoms with van der Waals surface area (Å²) in [6.45, 7) is 4.26. The Kier molecular flexibility index (Phi) is 8.74. The smallest absolute Gasteiger partial charge is 0.251 e. The van der Waals surface area contributed by atoms with E-state index in [0.717, 1.165) is 13.1 Å². The van der Waals surface area contributed by atoms with Gasteiger partial charge in [-0.05, 0) is 18.7 Å². The Hall–Kier alpha value is -1.46. The first-order valence-electron chi connectivity index (χ1n) is 5.93. The lowest BCUT2D eigenvalue weighted by atomic mass is 10.2. The molecule has 1 rings (SSSR count). The number of ether oxygens (including phenoxy) is 2. The van der Waals surface area contributed by atoms with Crippen LogP contribution in [0.3, 0.4) is 0 Å². The predicted octanol–water partition coefficient (Wildman–Crippen LogP) is 1.46. The fourth-order valence-electron chi connectivity index (χ4n) is 1.48. The van der Waals surface area contributed by atoms with Gasteiger partial charge in [-0.2, -0.15) is 0 Å². The van der Waals surface area contributed by atoms with Crippen molar-refractivity contribution in [3.05, 3.63) is 23.8 Å². The third-order valence-electron chi connectivity index (χ3n) is 2.45. The standard InChI is InChI=1S/C13H20N2O3.ClH/c1-4-14-5-6-15-13(16)10-7-11(17-2)9-12(8-10)18-3;/h7-9,14H,4-6H2,1-3H3,(H,15,16);1H. The van der Waals surface area contributed by atoms with Crippen molar-refractivity contribution < 1.29 is 14.3 Å². The van der Waals surface area contributed by atoms with E-state index < -0.39 is 0 Å².